The number of aromatic amines is 1. The summed E-state index contributed by atoms with van der Waals surface area (Å²) >= 11 is 0. The molecule has 0 atom stereocenters. The molecule has 0 aliphatic carbocycles. The fourth-order valence-electron chi connectivity index (χ4n) is 0.811. The summed E-state index contributed by atoms with van der Waals surface area (Å²) < 4.78 is 1.32. The summed E-state index contributed by atoms with van der Waals surface area (Å²) in [6.45, 7) is 0. The Morgan fingerprint density at radius 1 is 1.70 bits per heavy atom. The number of fused-ring (bicyclic) bond motifs is 1. The van der Waals surface area contributed by atoms with Crippen molar-refractivity contribution in [3.63, 3.8) is 0 Å². The maximum Gasteiger partial charge on any atom is 0.279 e. The van der Waals surface area contributed by atoms with E-state index in [4.69, 9.17) is 0 Å². The summed E-state index contributed by atoms with van der Waals surface area (Å²) in [6, 6.07) is 5.83. The third-order valence-corrected chi connectivity index (χ3v) is 1.28. The molecule has 0 fully saturated rings. The molecular formula is C6H4N3O. The van der Waals surface area contributed by atoms with Gasteiger partial charge in [0.05, 0.1) is 17.8 Å². The molecule has 1 radical (unpaired) electrons. The average Bonchev–Trinajstić information content (AvgIpc) is 2.36. The summed E-state index contributed by atoms with van der Waals surface area (Å²) in [4.78, 5) is 10.9. The zero-order valence-corrected chi connectivity index (χ0v) is 5.03. The minimum Gasteiger partial charge on any atom is -0.267 e. The van der Waals surface area contributed by atoms with Gasteiger partial charge in [-0.1, -0.05) is 0 Å². The first-order chi connectivity index (χ1) is 4.88. The Balaban J connectivity index is 3.09. The summed E-state index contributed by atoms with van der Waals surface area (Å²) in [5.41, 5.74) is 0.541. The molecule has 0 aliphatic rings. The highest BCUT2D eigenvalue weighted by Gasteiger charge is 1.92. The second-order valence-electron chi connectivity index (χ2n) is 1.90. The lowest BCUT2D eigenvalue weighted by molar-refractivity contribution is 0.828. The number of aromatic nitrogens is 3. The number of rotatable bonds is 0. The third kappa shape index (κ3) is 0.556. The van der Waals surface area contributed by atoms with E-state index in [1.807, 2.05) is 0 Å². The molecule has 2 rings (SSSR count). The van der Waals surface area contributed by atoms with E-state index in [0.29, 0.717) is 0 Å². The van der Waals surface area contributed by atoms with Crippen LogP contribution in [0.1, 0.15) is 0 Å². The lowest BCUT2D eigenvalue weighted by Crippen LogP contribution is -2.11. The van der Waals surface area contributed by atoms with Crippen molar-refractivity contribution in [2.75, 3.05) is 0 Å². The molecule has 1 N–H and O–H groups in total. The molecule has 0 saturated heterocycles. The Bertz CT molecular complexity index is 400. The molecule has 0 spiro atoms. The summed E-state index contributed by atoms with van der Waals surface area (Å²) in [7, 11) is 0. The maximum atomic E-state index is 10.9. The van der Waals surface area contributed by atoms with Crippen LogP contribution in [0.15, 0.2) is 23.1 Å². The highest BCUT2D eigenvalue weighted by atomic mass is 16.1. The zero-order valence-electron chi connectivity index (χ0n) is 5.03. The number of nitrogens with one attached hydrogen (secondary N) is 1. The molecular weight excluding hydrogens is 130 g/mol. The van der Waals surface area contributed by atoms with Crippen molar-refractivity contribution < 1.29 is 0 Å². The highest BCUT2D eigenvalue weighted by molar-refractivity contribution is 5.41. The Morgan fingerprint density at radius 3 is 3.40 bits per heavy atom. The molecule has 0 bridgehead atoms. The predicted molar refractivity (Wildman–Crippen MR) is 34.6 cm³/mol. The van der Waals surface area contributed by atoms with Gasteiger partial charge in [-0.15, -0.1) is 0 Å². The van der Waals surface area contributed by atoms with E-state index in [0.717, 1.165) is 5.52 Å². The molecule has 0 saturated carbocycles. The molecule has 2 aromatic heterocycles. The molecule has 0 aliphatic heterocycles. The van der Waals surface area contributed by atoms with Crippen LogP contribution in [0.2, 0.25) is 0 Å². The van der Waals surface area contributed by atoms with Gasteiger partial charge < -0.3 is 0 Å². The van der Waals surface area contributed by atoms with Crippen LogP contribution in [-0.4, -0.2) is 14.8 Å². The molecule has 49 valence electrons. The van der Waals surface area contributed by atoms with Crippen molar-refractivity contribution in [3.05, 3.63) is 34.7 Å². The molecule has 0 amide bonds. The second kappa shape index (κ2) is 1.70. The van der Waals surface area contributed by atoms with Gasteiger partial charge in [-0.3, -0.25) is 4.79 Å². The van der Waals surface area contributed by atoms with Gasteiger partial charge in [0.2, 0.25) is 0 Å². The number of hydrogen-bond donors (Lipinski definition) is 1. The van der Waals surface area contributed by atoms with Crippen LogP contribution in [-0.2, 0) is 0 Å². The van der Waals surface area contributed by atoms with E-state index in [9.17, 15) is 4.79 Å². The first kappa shape index (κ1) is 5.22. The van der Waals surface area contributed by atoms with Crippen LogP contribution in [0.3, 0.4) is 0 Å². The Kier molecular flexibility index (Phi) is 0.887. The van der Waals surface area contributed by atoms with Crippen molar-refractivity contribution in [2.24, 2.45) is 0 Å². The molecule has 2 aromatic rings. The van der Waals surface area contributed by atoms with Gasteiger partial charge in [-0.25, -0.2) is 9.73 Å². The van der Waals surface area contributed by atoms with Gasteiger partial charge in [0, 0.05) is 0 Å². The topological polar surface area (TPSA) is 50.2 Å². The standard InChI is InChI=1S/C6H4N3O/c10-6-3-1-2-5-4-7-8-9(5)6/h1-2,4,8H. The number of hydrogen-bond acceptors (Lipinski definition) is 2. The first-order valence-corrected chi connectivity index (χ1v) is 2.81. The third-order valence-electron chi connectivity index (χ3n) is 1.28. The molecule has 2 heterocycles. The Labute approximate surface area is 56.1 Å². The van der Waals surface area contributed by atoms with E-state index in [-0.39, 0.29) is 5.56 Å². The maximum absolute atomic E-state index is 10.9. The van der Waals surface area contributed by atoms with Crippen molar-refractivity contribution in [1.82, 2.24) is 14.8 Å². The molecule has 4 heteroatoms. The zero-order chi connectivity index (χ0) is 6.97. The number of nitrogens with zero attached hydrogens (tertiary/aromatic N) is 2. The molecule has 0 unspecified atom stereocenters. The fourth-order valence-corrected chi connectivity index (χ4v) is 0.811. The van der Waals surface area contributed by atoms with Crippen LogP contribution < -0.4 is 5.56 Å². The minimum absolute atomic E-state index is 0.213. The molecule has 4 nitrogen and oxygen atoms in total. The van der Waals surface area contributed by atoms with E-state index < -0.39 is 0 Å². The lowest BCUT2D eigenvalue weighted by Gasteiger charge is -1.85. The van der Waals surface area contributed by atoms with Gasteiger partial charge in [-0.05, 0) is 12.1 Å². The Morgan fingerprint density at radius 2 is 2.60 bits per heavy atom. The second-order valence-corrected chi connectivity index (χ2v) is 1.90. The SMILES string of the molecule is O=c1[c]ccc2cn[nH]n12. The summed E-state index contributed by atoms with van der Waals surface area (Å²) in [5, 5.41) is 6.19. The molecule has 0 aromatic carbocycles. The van der Waals surface area contributed by atoms with Gasteiger partial charge in [0.15, 0.2) is 0 Å². The first-order valence-electron chi connectivity index (χ1n) is 2.81. The quantitative estimate of drug-likeness (QED) is 0.543. The van der Waals surface area contributed by atoms with Crippen LogP contribution in [0.4, 0.5) is 0 Å². The van der Waals surface area contributed by atoms with Crippen LogP contribution in [0.5, 0.6) is 0 Å². The lowest BCUT2D eigenvalue weighted by atomic mass is 10.4. The van der Waals surface area contributed by atoms with Crippen LogP contribution in [0, 0.1) is 6.07 Å². The minimum atomic E-state index is -0.213. The summed E-state index contributed by atoms with van der Waals surface area (Å²) in [5.74, 6) is 0. The van der Waals surface area contributed by atoms with Crippen LogP contribution in [0.25, 0.3) is 5.52 Å². The van der Waals surface area contributed by atoms with Crippen molar-refractivity contribution in [3.8, 4) is 0 Å². The van der Waals surface area contributed by atoms with Crippen LogP contribution >= 0.6 is 0 Å². The number of pyridine rings is 1. The van der Waals surface area contributed by atoms with E-state index >= 15 is 0 Å². The predicted octanol–water partition coefficient (Wildman–Crippen LogP) is -0.177. The van der Waals surface area contributed by atoms with E-state index in [2.05, 4.69) is 16.4 Å². The van der Waals surface area contributed by atoms with Gasteiger partial charge in [0.1, 0.15) is 0 Å². The Hall–Kier alpha value is -1.58. The van der Waals surface area contributed by atoms with Gasteiger partial charge in [0.25, 0.3) is 5.56 Å². The highest BCUT2D eigenvalue weighted by Crippen LogP contribution is 1.91. The van der Waals surface area contributed by atoms with Crippen molar-refractivity contribution in [2.45, 2.75) is 0 Å². The van der Waals surface area contributed by atoms with Crippen molar-refractivity contribution in [1.29, 1.82) is 0 Å². The monoisotopic (exact) mass is 134 g/mol. The van der Waals surface area contributed by atoms with E-state index in [1.54, 1.807) is 18.3 Å². The summed E-state index contributed by atoms with van der Waals surface area (Å²) in [6.07, 6.45) is 1.58. The number of H-pyrrole nitrogens is 1. The largest absolute Gasteiger partial charge is 0.279 e. The van der Waals surface area contributed by atoms with E-state index in [1.165, 1.54) is 4.52 Å². The fraction of sp³-hybridized carbons (Fsp3) is 0. The smallest absolute Gasteiger partial charge is 0.267 e. The van der Waals surface area contributed by atoms with Gasteiger partial charge >= 0.3 is 0 Å². The average molecular weight is 134 g/mol. The van der Waals surface area contributed by atoms with Gasteiger partial charge in [-0.2, -0.15) is 5.10 Å². The normalized spacial score (nSPS) is 10.4. The molecule has 10 heavy (non-hydrogen) atoms. The van der Waals surface area contributed by atoms with Crippen molar-refractivity contribution >= 4 is 5.52 Å².